The van der Waals surface area contributed by atoms with Crippen LogP contribution < -0.4 is 5.32 Å². The van der Waals surface area contributed by atoms with Gasteiger partial charge in [0.25, 0.3) is 0 Å². The number of nitrogens with zero attached hydrogens (tertiary/aromatic N) is 1. The minimum atomic E-state index is -0.670. The number of amides is 1. The molecule has 0 saturated heterocycles. The smallest absolute Gasteiger partial charge is 0.412 e. The monoisotopic (exact) mass is 298 g/mol. The SMILES string of the molecule is Cc1cc(C#N)sc1-c1ccc2c(c1)C(C)(C)OC(=O)N2. The van der Waals surface area contributed by atoms with Crippen LogP contribution in [0.5, 0.6) is 0 Å². The molecule has 1 amide bonds. The van der Waals surface area contributed by atoms with E-state index in [1.54, 1.807) is 0 Å². The lowest BCUT2D eigenvalue weighted by Crippen LogP contribution is -2.34. The van der Waals surface area contributed by atoms with E-state index in [9.17, 15) is 4.79 Å². The zero-order valence-corrected chi connectivity index (χ0v) is 12.8. The molecule has 0 saturated carbocycles. The number of benzene rings is 1. The van der Waals surface area contributed by atoms with Crippen LogP contribution in [0.2, 0.25) is 0 Å². The van der Waals surface area contributed by atoms with Gasteiger partial charge in [0.05, 0.1) is 5.69 Å². The average molecular weight is 298 g/mol. The van der Waals surface area contributed by atoms with Crippen LogP contribution in [-0.4, -0.2) is 6.09 Å². The fraction of sp³-hybridized carbons (Fsp3) is 0.250. The van der Waals surface area contributed by atoms with Crippen molar-refractivity contribution in [2.24, 2.45) is 0 Å². The molecule has 4 nitrogen and oxygen atoms in total. The number of thiophene rings is 1. The number of ether oxygens (including phenoxy) is 1. The molecular weight excluding hydrogens is 284 g/mol. The fourth-order valence-electron chi connectivity index (χ4n) is 2.54. The first kappa shape index (κ1) is 13.7. The highest BCUT2D eigenvalue weighted by atomic mass is 32.1. The van der Waals surface area contributed by atoms with E-state index < -0.39 is 11.7 Å². The molecule has 1 aliphatic rings. The van der Waals surface area contributed by atoms with E-state index in [4.69, 9.17) is 10.00 Å². The van der Waals surface area contributed by atoms with Crippen molar-refractivity contribution in [3.05, 3.63) is 40.3 Å². The molecule has 0 spiro atoms. The number of nitriles is 1. The molecule has 1 aromatic heterocycles. The molecule has 0 fully saturated rings. The average Bonchev–Trinajstić information content (AvgIpc) is 2.79. The molecule has 0 atom stereocenters. The predicted octanol–water partition coefficient (Wildman–Crippen LogP) is 4.39. The number of rotatable bonds is 1. The summed E-state index contributed by atoms with van der Waals surface area (Å²) in [5, 5.41) is 11.7. The lowest BCUT2D eigenvalue weighted by Gasteiger charge is -2.32. The number of nitrogens with one attached hydrogen (secondary N) is 1. The van der Waals surface area contributed by atoms with Gasteiger partial charge in [-0.3, -0.25) is 5.32 Å². The van der Waals surface area contributed by atoms with Crippen LogP contribution in [0.3, 0.4) is 0 Å². The summed E-state index contributed by atoms with van der Waals surface area (Å²) < 4.78 is 5.35. The van der Waals surface area contributed by atoms with Gasteiger partial charge in [-0.1, -0.05) is 6.07 Å². The standard InChI is InChI=1S/C16H14N2O2S/c1-9-6-11(8-17)21-14(9)10-4-5-13-12(7-10)16(2,3)20-15(19)18-13/h4-7H,1-3H3,(H,18,19). The summed E-state index contributed by atoms with van der Waals surface area (Å²) in [5.41, 5.74) is 3.15. The van der Waals surface area contributed by atoms with Gasteiger partial charge in [0.1, 0.15) is 16.5 Å². The maximum absolute atomic E-state index is 11.5. The first-order valence-corrected chi connectivity index (χ1v) is 7.38. The van der Waals surface area contributed by atoms with E-state index in [2.05, 4.69) is 11.4 Å². The zero-order chi connectivity index (χ0) is 15.2. The third kappa shape index (κ3) is 2.28. The Hall–Kier alpha value is -2.32. The van der Waals surface area contributed by atoms with Crippen molar-refractivity contribution in [2.75, 3.05) is 5.32 Å². The first-order chi connectivity index (χ1) is 9.90. The maximum atomic E-state index is 11.5. The van der Waals surface area contributed by atoms with Crippen molar-refractivity contribution in [3.63, 3.8) is 0 Å². The molecule has 3 rings (SSSR count). The summed E-state index contributed by atoms with van der Waals surface area (Å²) in [6, 6.07) is 9.94. The van der Waals surface area contributed by atoms with Gasteiger partial charge in [-0.05, 0) is 50.1 Å². The topological polar surface area (TPSA) is 62.1 Å². The maximum Gasteiger partial charge on any atom is 0.412 e. The highest BCUT2D eigenvalue weighted by Crippen LogP contribution is 2.40. The van der Waals surface area contributed by atoms with E-state index in [-0.39, 0.29) is 0 Å². The Morgan fingerprint density at radius 3 is 2.76 bits per heavy atom. The van der Waals surface area contributed by atoms with Crippen molar-refractivity contribution in [1.29, 1.82) is 5.26 Å². The number of hydrogen-bond donors (Lipinski definition) is 1. The molecular formula is C16H14N2O2S. The molecule has 0 bridgehead atoms. The van der Waals surface area contributed by atoms with Crippen molar-refractivity contribution in [1.82, 2.24) is 0 Å². The molecule has 2 aromatic rings. The van der Waals surface area contributed by atoms with E-state index in [0.29, 0.717) is 4.88 Å². The molecule has 21 heavy (non-hydrogen) atoms. The van der Waals surface area contributed by atoms with Crippen LogP contribution in [0.1, 0.15) is 29.9 Å². The van der Waals surface area contributed by atoms with Crippen molar-refractivity contribution >= 4 is 23.1 Å². The zero-order valence-electron chi connectivity index (χ0n) is 12.0. The molecule has 1 aromatic carbocycles. The quantitative estimate of drug-likeness (QED) is 0.849. The summed E-state index contributed by atoms with van der Waals surface area (Å²) in [6.45, 7) is 5.74. The molecule has 1 N–H and O–H groups in total. The first-order valence-electron chi connectivity index (χ1n) is 6.56. The molecule has 0 radical (unpaired) electrons. The number of cyclic esters (lactones) is 1. The molecule has 106 valence electrons. The van der Waals surface area contributed by atoms with E-state index in [1.807, 2.05) is 45.0 Å². The molecule has 0 aliphatic carbocycles. The lowest BCUT2D eigenvalue weighted by molar-refractivity contribution is 0.0421. The van der Waals surface area contributed by atoms with Gasteiger partial charge in [-0.2, -0.15) is 5.26 Å². The second-order valence-corrected chi connectivity index (χ2v) is 6.57. The third-order valence-electron chi connectivity index (χ3n) is 3.54. The Morgan fingerprint density at radius 2 is 2.10 bits per heavy atom. The normalized spacial score (nSPS) is 15.6. The summed E-state index contributed by atoms with van der Waals surface area (Å²) in [7, 11) is 0. The van der Waals surface area contributed by atoms with Crippen LogP contribution in [0.15, 0.2) is 24.3 Å². The second kappa shape index (κ2) is 4.61. The van der Waals surface area contributed by atoms with Crippen molar-refractivity contribution in [3.8, 4) is 16.5 Å². The molecule has 5 heteroatoms. The Labute approximate surface area is 127 Å². The van der Waals surface area contributed by atoms with Crippen molar-refractivity contribution < 1.29 is 9.53 Å². The number of fused-ring (bicyclic) bond motifs is 1. The minimum absolute atomic E-state index is 0.431. The molecule has 1 aliphatic heterocycles. The summed E-state index contributed by atoms with van der Waals surface area (Å²) >= 11 is 1.47. The Balaban J connectivity index is 2.13. The third-order valence-corrected chi connectivity index (χ3v) is 4.73. The van der Waals surface area contributed by atoms with Gasteiger partial charge in [0, 0.05) is 10.4 Å². The Morgan fingerprint density at radius 1 is 1.33 bits per heavy atom. The predicted molar refractivity (Wildman–Crippen MR) is 82.3 cm³/mol. The fourth-order valence-corrected chi connectivity index (χ4v) is 3.50. The minimum Gasteiger partial charge on any atom is -0.438 e. The number of carbonyl (C=O) groups is 1. The Kier molecular flexibility index (Phi) is 2.99. The molecule has 2 heterocycles. The summed E-state index contributed by atoms with van der Waals surface area (Å²) in [5.74, 6) is 0. The highest BCUT2D eigenvalue weighted by molar-refractivity contribution is 7.16. The number of hydrogen-bond acceptors (Lipinski definition) is 4. The van der Waals surface area contributed by atoms with Gasteiger partial charge in [-0.15, -0.1) is 11.3 Å². The van der Waals surface area contributed by atoms with E-state index >= 15 is 0 Å². The number of aryl methyl sites for hydroxylation is 1. The van der Waals surface area contributed by atoms with Gasteiger partial charge < -0.3 is 4.74 Å². The van der Waals surface area contributed by atoms with Gasteiger partial charge in [-0.25, -0.2) is 4.79 Å². The van der Waals surface area contributed by atoms with E-state index in [0.717, 1.165) is 27.3 Å². The van der Waals surface area contributed by atoms with E-state index in [1.165, 1.54) is 11.3 Å². The lowest BCUT2D eigenvalue weighted by atomic mass is 9.92. The molecule has 0 unspecified atom stereocenters. The summed E-state index contributed by atoms with van der Waals surface area (Å²) in [4.78, 5) is 13.3. The van der Waals surface area contributed by atoms with Crippen LogP contribution in [0.25, 0.3) is 10.4 Å². The largest absolute Gasteiger partial charge is 0.438 e. The highest BCUT2D eigenvalue weighted by Gasteiger charge is 2.33. The van der Waals surface area contributed by atoms with Crippen LogP contribution in [-0.2, 0) is 10.3 Å². The van der Waals surface area contributed by atoms with Crippen LogP contribution in [0.4, 0.5) is 10.5 Å². The number of anilines is 1. The van der Waals surface area contributed by atoms with Crippen LogP contribution >= 0.6 is 11.3 Å². The van der Waals surface area contributed by atoms with Crippen molar-refractivity contribution in [2.45, 2.75) is 26.4 Å². The van der Waals surface area contributed by atoms with Crippen LogP contribution in [0, 0.1) is 18.3 Å². The van der Waals surface area contributed by atoms with Gasteiger partial charge in [0.15, 0.2) is 0 Å². The second-order valence-electron chi connectivity index (χ2n) is 5.52. The van der Waals surface area contributed by atoms with Gasteiger partial charge in [0.2, 0.25) is 0 Å². The number of carbonyl (C=O) groups excluding carboxylic acids is 1. The van der Waals surface area contributed by atoms with Gasteiger partial charge >= 0.3 is 6.09 Å². The summed E-state index contributed by atoms with van der Waals surface area (Å²) in [6.07, 6.45) is -0.431. The Bertz CT molecular complexity index is 784.